The normalized spacial score (nSPS) is 24.2. The number of carbonyl (C=O) groups is 1. The van der Waals surface area contributed by atoms with Crippen LogP contribution < -0.4 is 5.32 Å². The average molecular weight is 176 g/mol. The molecule has 1 N–H and O–H groups in total. The number of rotatable bonds is 0. The molecule has 0 atom stereocenters. The maximum atomic E-state index is 10.9. The van der Waals surface area contributed by atoms with Gasteiger partial charge in [0.2, 0.25) is 0 Å². The monoisotopic (exact) mass is 176 g/mol. The van der Waals surface area contributed by atoms with Crippen LogP contribution in [0.1, 0.15) is 0 Å². The lowest BCUT2D eigenvalue weighted by molar-refractivity contribution is 0.0141. The minimum atomic E-state index is -0.193. The van der Waals surface area contributed by atoms with Gasteiger partial charge in [0.15, 0.2) is 5.60 Å². The molecule has 70 valence electrons. The van der Waals surface area contributed by atoms with Gasteiger partial charge in [-0.3, -0.25) is 4.39 Å². The highest BCUT2D eigenvalue weighted by Crippen LogP contribution is 2.24. The molecule has 2 aliphatic rings. The Hall–Kier alpha value is -0.840. The van der Waals surface area contributed by atoms with Crippen LogP contribution in [0.5, 0.6) is 0 Å². The highest BCUT2D eigenvalue weighted by molar-refractivity contribution is 5.70. The second-order valence-electron chi connectivity index (χ2n) is 3.01. The molecule has 2 fully saturated rings. The van der Waals surface area contributed by atoms with E-state index in [1.54, 1.807) is 11.9 Å². The zero-order valence-electron chi connectivity index (χ0n) is 7.26. The van der Waals surface area contributed by atoms with E-state index in [2.05, 4.69) is 5.32 Å². The van der Waals surface area contributed by atoms with Crippen LogP contribution in [-0.4, -0.2) is 50.5 Å². The van der Waals surface area contributed by atoms with Crippen LogP contribution >= 0.6 is 0 Å². The molecular formula is C7H13FN2O2. The van der Waals surface area contributed by atoms with Crippen LogP contribution in [0.15, 0.2) is 0 Å². The van der Waals surface area contributed by atoms with E-state index >= 15 is 0 Å². The number of nitrogens with one attached hydrogen (secondary N) is 1. The summed E-state index contributed by atoms with van der Waals surface area (Å²) in [5.41, 5.74) is -0.175. The Morgan fingerprint density at radius 1 is 1.58 bits per heavy atom. The van der Waals surface area contributed by atoms with Gasteiger partial charge in [-0.25, -0.2) is 4.79 Å². The van der Waals surface area contributed by atoms with Crippen LogP contribution in [0, 0.1) is 0 Å². The van der Waals surface area contributed by atoms with Crippen molar-refractivity contribution in [3.63, 3.8) is 0 Å². The van der Waals surface area contributed by atoms with Crippen molar-refractivity contribution in [1.29, 1.82) is 0 Å². The number of nitrogens with zero attached hydrogens (tertiary/aromatic N) is 1. The van der Waals surface area contributed by atoms with E-state index in [0.717, 1.165) is 19.6 Å². The Bertz CT molecular complexity index is 182. The molecular weight excluding hydrogens is 163 g/mol. The van der Waals surface area contributed by atoms with Gasteiger partial charge in [-0.1, -0.05) is 0 Å². The molecule has 0 bridgehead atoms. The third-order valence-corrected chi connectivity index (χ3v) is 2.04. The predicted octanol–water partition coefficient (Wildman–Crippen LogP) is -0.00390. The lowest BCUT2D eigenvalue weighted by Crippen LogP contribution is -2.61. The van der Waals surface area contributed by atoms with E-state index in [1.807, 2.05) is 0 Å². The smallest absolute Gasteiger partial charge is 0.410 e. The summed E-state index contributed by atoms with van der Waals surface area (Å²) in [5.74, 6) is 0. The zero-order valence-corrected chi connectivity index (χ0v) is 7.26. The molecule has 0 aromatic carbocycles. The molecule has 12 heavy (non-hydrogen) atoms. The molecule has 2 saturated heterocycles. The van der Waals surface area contributed by atoms with E-state index in [0.29, 0.717) is 7.18 Å². The quantitative estimate of drug-likeness (QED) is 0.564. The molecule has 2 rings (SSSR count). The fourth-order valence-electron chi connectivity index (χ4n) is 1.38. The van der Waals surface area contributed by atoms with E-state index in [1.165, 1.54) is 0 Å². The Labute approximate surface area is 70.7 Å². The molecule has 1 amide bonds. The Morgan fingerprint density at radius 2 is 2.17 bits per heavy atom. The minimum absolute atomic E-state index is 0.175. The van der Waals surface area contributed by atoms with E-state index in [-0.39, 0.29) is 11.7 Å². The highest BCUT2D eigenvalue weighted by atomic mass is 19.1. The molecule has 2 heterocycles. The molecule has 0 aromatic heterocycles. The lowest BCUT2D eigenvalue weighted by Gasteiger charge is -2.35. The van der Waals surface area contributed by atoms with Gasteiger partial charge in [-0.15, -0.1) is 0 Å². The molecule has 0 saturated carbocycles. The van der Waals surface area contributed by atoms with Crippen LogP contribution in [0.25, 0.3) is 0 Å². The third-order valence-electron chi connectivity index (χ3n) is 2.04. The lowest BCUT2D eigenvalue weighted by atomic mass is 9.98. The number of likely N-dealkylation sites (N-methyl/N-ethyl adjacent to an activating group) is 1. The van der Waals surface area contributed by atoms with Crippen molar-refractivity contribution in [1.82, 2.24) is 10.2 Å². The van der Waals surface area contributed by atoms with Crippen LogP contribution in [0.4, 0.5) is 9.18 Å². The van der Waals surface area contributed by atoms with E-state index in [9.17, 15) is 9.18 Å². The second-order valence-corrected chi connectivity index (χ2v) is 3.01. The zero-order chi connectivity index (χ0) is 9.19. The van der Waals surface area contributed by atoms with Crippen LogP contribution in [-0.2, 0) is 4.74 Å². The predicted molar refractivity (Wildman–Crippen MR) is 41.7 cm³/mol. The first kappa shape index (κ1) is 9.25. The van der Waals surface area contributed by atoms with Gasteiger partial charge < -0.3 is 15.0 Å². The Morgan fingerprint density at radius 3 is 2.33 bits per heavy atom. The van der Waals surface area contributed by atoms with E-state index in [4.69, 9.17) is 4.74 Å². The second kappa shape index (κ2) is 3.26. The number of carbonyl (C=O) groups excluding carboxylic acids is 1. The van der Waals surface area contributed by atoms with Crippen molar-refractivity contribution in [3.05, 3.63) is 0 Å². The van der Waals surface area contributed by atoms with Crippen molar-refractivity contribution < 1.29 is 13.9 Å². The Balaban J connectivity index is 0.000000336. The summed E-state index contributed by atoms with van der Waals surface area (Å²) in [6, 6.07) is 0. The minimum Gasteiger partial charge on any atom is -0.438 e. The van der Waals surface area contributed by atoms with Crippen molar-refractivity contribution >= 4 is 6.09 Å². The summed E-state index contributed by atoms with van der Waals surface area (Å²) in [7, 11) is 2.26. The first-order chi connectivity index (χ1) is 5.72. The summed E-state index contributed by atoms with van der Waals surface area (Å²) in [5, 5.41) is 3.08. The van der Waals surface area contributed by atoms with E-state index < -0.39 is 0 Å². The van der Waals surface area contributed by atoms with Gasteiger partial charge in [0.05, 0.1) is 13.7 Å². The van der Waals surface area contributed by atoms with Crippen molar-refractivity contribution in [2.75, 3.05) is 33.9 Å². The number of halogens is 1. The van der Waals surface area contributed by atoms with Gasteiger partial charge >= 0.3 is 6.09 Å². The summed E-state index contributed by atoms with van der Waals surface area (Å²) in [4.78, 5) is 12.5. The summed E-state index contributed by atoms with van der Waals surface area (Å²) >= 11 is 0. The number of ether oxygens (including phenoxy) is 1. The summed E-state index contributed by atoms with van der Waals surface area (Å²) in [6.45, 7) is 2.35. The van der Waals surface area contributed by atoms with Crippen molar-refractivity contribution in [3.8, 4) is 0 Å². The Kier molecular flexibility index (Phi) is 2.52. The molecule has 0 radical (unpaired) electrons. The maximum Gasteiger partial charge on any atom is 0.410 e. The third kappa shape index (κ3) is 1.36. The van der Waals surface area contributed by atoms with Gasteiger partial charge in [0, 0.05) is 20.1 Å². The SMILES string of the molecule is CF.CN1CC2(CNC2)OC1=O. The van der Waals surface area contributed by atoms with Gasteiger partial charge in [0.25, 0.3) is 0 Å². The van der Waals surface area contributed by atoms with Crippen LogP contribution in [0.3, 0.4) is 0 Å². The molecule has 0 aliphatic carbocycles. The van der Waals surface area contributed by atoms with Crippen molar-refractivity contribution in [2.24, 2.45) is 0 Å². The first-order valence-electron chi connectivity index (χ1n) is 3.75. The molecule has 5 heteroatoms. The average Bonchev–Trinajstić information content (AvgIpc) is 2.32. The van der Waals surface area contributed by atoms with Gasteiger partial charge in [0.1, 0.15) is 0 Å². The fraction of sp³-hybridized carbons (Fsp3) is 0.857. The number of hydrogen-bond donors (Lipinski definition) is 1. The van der Waals surface area contributed by atoms with Crippen LogP contribution in [0.2, 0.25) is 0 Å². The first-order valence-corrected chi connectivity index (χ1v) is 3.75. The van der Waals surface area contributed by atoms with Crippen molar-refractivity contribution in [2.45, 2.75) is 5.60 Å². The topological polar surface area (TPSA) is 41.6 Å². The number of alkyl halides is 1. The molecule has 2 aliphatic heterocycles. The summed E-state index contributed by atoms with van der Waals surface area (Å²) < 4.78 is 14.6. The summed E-state index contributed by atoms with van der Waals surface area (Å²) in [6.07, 6.45) is -0.193. The molecule has 1 spiro atoms. The number of hydrogen-bond acceptors (Lipinski definition) is 3. The number of amides is 1. The van der Waals surface area contributed by atoms with Gasteiger partial charge in [-0.05, 0) is 0 Å². The fourth-order valence-corrected chi connectivity index (χ4v) is 1.38. The largest absolute Gasteiger partial charge is 0.438 e. The molecule has 0 aromatic rings. The molecule has 4 nitrogen and oxygen atoms in total. The standard InChI is InChI=1S/C6H10N2O2.CH3F/c1-8-4-6(2-7-3-6)10-5(8)9;1-2/h7H,2-4H2,1H3;1H3. The van der Waals surface area contributed by atoms with Gasteiger partial charge in [-0.2, -0.15) is 0 Å². The molecule has 0 unspecified atom stereocenters. The highest BCUT2D eigenvalue weighted by Gasteiger charge is 2.48. The maximum absolute atomic E-state index is 10.9.